The molecule has 2 N–H and O–H groups in total. The summed E-state index contributed by atoms with van der Waals surface area (Å²) in [5.74, 6) is -0.146. The molecule has 0 saturated carbocycles. The molecule has 1 aliphatic rings. The second kappa shape index (κ2) is 9.34. The molecule has 28 heavy (non-hydrogen) atoms. The van der Waals surface area contributed by atoms with Crippen LogP contribution in [0, 0.1) is 6.92 Å². The van der Waals surface area contributed by atoms with Crippen molar-refractivity contribution >= 4 is 33.4 Å². The summed E-state index contributed by atoms with van der Waals surface area (Å²) < 4.78 is 0.915. The number of rotatable bonds is 6. The van der Waals surface area contributed by atoms with Crippen LogP contribution in [0.1, 0.15) is 30.0 Å². The fraction of sp³-hybridized carbons (Fsp3) is 0.364. The molecule has 1 heterocycles. The van der Waals surface area contributed by atoms with E-state index in [4.69, 9.17) is 0 Å². The number of benzene rings is 2. The first-order chi connectivity index (χ1) is 13.4. The first kappa shape index (κ1) is 20.6. The maximum absolute atomic E-state index is 12.5. The summed E-state index contributed by atoms with van der Waals surface area (Å²) in [5.41, 5.74) is 4.44. The van der Waals surface area contributed by atoms with Crippen LogP contribution in [0.15, 0.2) is 46.9 Å². The van der Waals surface area contributed by atoms with E-state index in [1.807, 2.05) is 38.1 Å². The van der Waals surface area contributed by atoms with Gasteiger partial charge in [-0.15, -0.1) is 0 Å². The predicted octanol–water partition coefficient (Wildman–Crippen LogP) is 3.65. The molecule has 0 spiro atoms. The van der Waals surface area contributed by atoms with Gasteiger partial charge in [0.15, 0.2) is 0 Å². The van der Waals surface area contributed by atoms with Crippen LogP contribution in [0.25, 0.3) is 0 Å². The Bertz CT molecular complexity index is 869. The highest BCUT2D eigenvalue weighted by Gasteiger charge is 2.25. The Morgan fingerprint density at radius 1 is 1.18 bits per heavy atom. The van der Waals surface area contributed by atoms with E-state index >= 15 is 0 Å². The van der Waals surface area contributed by atoms with Gasteiger partial charge in [0.1, 0.15) is 0 Å². The van der Waals surface area contributed by atoms with Crippen molar-refractivity contribution in [3.8, 4) is 0 Å². The van der Waals surface area contributed by atoms with Gasteiger partial charge in [-0.2, -0.15) is 0 Å². The average Bonchev–Trinajstić information content (AvgIpc) is 2.69. The van der Waals surface area contributed by atoms with Crippen LogP contribution in [-0.4, -0.2) is 35.8 Å². The number of halogens is 1. The lowest BCUT2D eigenvalue weighted by Gasteiger charge is -2.32. The smallest absolute Gasteiger partial charge is 0.237 e. The van der Waals surface area contributed by atoms with E-state index in [0.717, 1.165) is 35.2 Å². The highest BCUT2D eigenvalue weighted by Crippen LogP contribution is 2.21. The molecular weight excluding hydrogens is 418 g/mol. The van der Waals surface area contributed by atoms with Gasteiger partial charge in [-0.1, -0.05) is 46.3 Å². The molecule has 1 aliphatic heterocycles. The second-order valence-electron chi connectivity index (χ2n) is 7.21. The number of carbonyl (C=O) groups is 2. The zero-order valence-corrected chi connectivity index (χ0v) is 17.9. The van der Waals surface area contributed by atoms with E-state index in [1.54, 1.807) is 0 Å². The lowest BCUT2D eigenvalue weighted by molar-refractivity contribution is -0.126. The quantitative estimate of drug-likeness (QED) is 0.715. The average molecular weight is 444 g/mol. The van der Waals surface area contributed by atoms with Crippen molar-refractivity contribution in [3.63, 3.8) is 0 Å². The van der Waals surface area contributed by atoms with Crippen molar-refractivity contribution in [3.05, 3.63) is 63.6 Å². The fourth-order valence-electron chi connectivity index (χ4n) is 3.40. The Kier molecular flexibility index (Phi) is 6.86. The molecule has 148 valence electrons. The molecule has 0 aromatic heterocycles. The van der Waals surface area contributed by atoms with Crippen molar-refractivity contribution < 1.29 is 9.59 Å². The Labute approximate surface area is 174 Å². The maximum Gasteiger partial charge on any atom is 0.237 e. The van der Waals surface area contributed by atoms with Crippen molar-refractivity contribution in [1.82, 2.24) is 10.2 Å². The standard InChI is InChI=1S/C22H26BrN3O2/c1-15-7-8-19(23)13-20(15)25-21(27)9-11-24-22(28)16(2)26-12-10-17-5-3-4-6-18(17)14-26/h3-8,13,16H,9-12,14H2,1-2H3,(H,24,28)(H,25,27). The predicted molar refractivity (Wildman–Crippen MR) is 115 cm³/mol. The third-order valence-electron chi connectivity index (χ3n) is 5.21. The minimum atomic E-state index is -0.219. The van der Waals surface area contributed by atoms with Gasteiger partial charge < -0.3 is 10.6 Å². The monoisotopic (exact) mass is 443 g/mol. The van der Waals surface area contributed by atoms with Gasteiger partial charge in [-0.25, -0.2) is 0 Å². The van der Waals surface area contributed by atoms with Crippen LogP contribution < -0.4 is 10.6 Å². The number of fused-ring (bicyclic) bond motifs is 1. The van der Waals surface area contributed by atoms with Gasteiger partial charge in [0.05, 0.1) is 6.04 Å². The van der Waals surface area contributed by atoms with E-state index in [2.05, 4.69) is 49.7 Å². The number of amides is 2. The first-order valence-electron chi connectivity index (χ1n) is 9.58. The summed E-state index contributed by atoms with van der Waals surface area (Å²) in [5, 5.41) is 5.79. The number of hydrogen-bond acceptors (Lipinski definition) is 3. The van der Waals surface area contributed by atoms with Crippen LogP contribution in [0.5, 0.6) is 0 Å². The molecule has 0 bridgehead atoms. The third-order valence-corrected chi connectivity index (χ3v) is 5.71. The van der Waals surface area contributed by atoms with Gasteiger partial charge in [-0.3, -0.25) is 14.5 Å². The second-order valence-corrected chi connectivity index (χ2v) is 8.13. The van der Waals surface area contributed by atoms with Gasteiger partial charge in [0.25, 0.3) is 0 Å². The van der Waals surface area contributed by atoms with Crippen LogP contribution in [0.2, 0.25) is 0 Å². The number of hydrogen-bond donors (Lipinski definition) is 2. The lowest BCUT2D eigenvalue weighted by atomic mass is 9.99. The maximum atomic E-state index is 12.5. The minimum absolute atomic E-state index is 0.0363. The van der Waals surface area contributed by atoms with E-state index < -0.39 is 0 Å². The zero-order valence-electron chi connectivity index (χ0n) is 16.3. The molecule has 3 rings (SSSR count). The van der Waals surface area contributed by atoms with Crippen LogP contribution in [0.3, 0.4) is 0 Å². The number of carbonyl (C=O) groups excluding carboxylic acids is 2. The van der Waals surface area contributed by atoms with Crippen molar-refractivity contribution in [2.24, 2.45) is 0 Å². The topological polar surface area (TPSA) is 61.4 Å². The largest absolute Gasteiger partial charge is 0.354 e. The Morgan fingerprint density at radius 3 is 2.71 bits per heavy atom. The molecule has 1 unspecified atom stereocenters. The van der Waals surface area contributed by atoms with Crippen LogP contribution >= 0.6 is 15.9 Å². The molecular formula is C22H26BrN3O2. The molecule has 0 saturated heterocycles. The Morgan fingerprint density at radius 2 is 1.93 bits per heavy atom. The molecule has 0 fully saturated rings. The number of aryl methyl sites for hydroxylation is 1. The molecule has 2 aromatic rings. The van der Waals surface area contributed by atoms with Crippen molar-refractivity contribution in [1.29, 1.82) is 0 Å². The molecule has 5 nitrogen and oxygen atoms in total. The molecule has 0 radical (unpaired) electrons. The normalized spacial score (nSPS) is 14.8. The third kappa shape index (κ3) is 5.20. The summed E-state index contributed by atoms with van der Waals surface area (Å²) in [6.45, 7) is 5.85. The molecule has 1 atom stereocenters. The molecule has 2 aromatic carbocycles. The highest BCUT2D eigenvalue weighted by atomic mass is 79.9. The number of nitrogens with one attached hydrogen (secondary N) is 2. The van der Waals surface area contributed by atoms with Gasteiger partial charge in [-0.05, 0) is 49.1 Å². The van der Waals surface area contributed by atoms with Crippen molar-refractivity contribution in [2.45, 2.75) is 39.3 Å². The Hall–Kier alpha value is -2.18. The number of nitrogens with zero attached hydrogens (tertiary/aromatic N) is 1. The summed E-state index contributed by atoms with van der Waals surface area (Å²) in [6, 6.07) is 13.9. The van der Waals surface area contributed by atoms with Gasteiger partial charge >= 0.3 is 0 Å². The first-order valence-corrected chi connectivity index (χ1v) is 10.4. The molecule has 0 aliphatic carbocycles. The van der Waals surface area contributed by atoms with Crippen molar-refractivity contribution in [2.75, 3.05) is 18.4 Å². The fourth-order valence-corrected chi connectivity index (χ4v) is 3.76. The summed E-state index contributed by atoms with van der Waals surface area (Å²) in [6.07, 6.45) is 1.20. The highest BCUT2D eigenvalue weighted by molar-refractivity contribution is 9.10. The molecule has 6 heteroatoms. The Balaban J connectivity index is 1.45. The van der Waals surface area contributed by atoms with E-state index in [1.165, 1.54) is 11.1 Å². The van der Waals surface area contributed by atoms with Crippen LogP contribution in [-0.2, 0) is 22.6 Å². The number of anilines is 1. The van der Waals surface area contributed by atoms with E-state index in [9.17, 15) is 9.59 Å². The zero-order chi connectivity index (χ0) is 20.1. The summed E-state index contributed by atoms with van der Waals surface area (Å²) >= 11 is 3.41. The molecule has 2 amide bonds. The van der Waals surface area contributed by atoms with Gasteiger partial charge in [0.2, 0.25) is 11.8 Å². The summed E-state index contributed by atoms with van der Waals surface area (Å²) in [7, 11) is 0. The summed E-state index contributed by atoms with van der Waals surface area (Å²) in [4.78, 5) is 26.9. The van der Waals surface area contributed by atoms with Gasteiger partial charge in [0, 0.05) is 36.2 Å². The minimum Gasteiger partial charge on any atom is -0.354 e. The van der Waals surface area contributed by atoms with E-state index in [0.29, 0.717) is 6.54 Å². The van der Waals surface area contributed by atoms with Crippen LogP contribution in [0.4, 0.5) is 5.69 Å². The SMILES string of the molecule is Cc1ccc(Br)cc1NC(=O)CCNC(=O)C(C)N1CCc2ccccc2C1. The van der Waals surface area contributed by atoms with E-state index in [-0.39, 0.29) is 24.3 Å². The lowest BCUT2D eigenvalue weighted by Crippen LogP contribution is -2.47.